The molecular formula is C16H22ClN3O. The van der Waals surface area contributed by atoms with Crippen LogP contribution in [0.15, 0.2) is 34.9 Å². The van der Waals surface area contributed by atoms with Crippen molar-refractivity contribution in [2.24, 2.45) is 0 Å². The Kier molecular flexibility index (Phi) is 5.79. The lowest BCUT2D eigenvalue weighted by Crippen LogP contribution is -2.27. The van der Waals surface area contributed by atoms with Crippen LogP contribution in [0.25, 0.3) is 11.3 Å². The molecule has 0 saturated carbocycles. The first kappa shape index (κ1) is 16.0. The van der Waals surface area contributed by atoms with Crippen molar-refractivity contribution in [2.75, 3.05) is 26.2 Å². The highest BCUT2D eigenvalue weighted by molar-refractivity contribution is 5.85. The number of halogens is 1. The van der Waals surface area contributed by atoms with E-state index in [4.69, 9.17) is 4.52 Å². The Morgan fingerprint density at radius 2 is 2.00 bits per heavy atom. The van der Waals surface area contributed by atoms with Gasteiger partial charge in [-0.25, -0.2) is 0 Å². The van der Waals surface area contributed by atoms with Crippen LogP contribution in [0.5, 0.6) is 0 Å². The Labute approximate surface area is 131 Å². The van der Waals surface area contributed by atoms with Gasteiger partial charge in [0.2, 0.25) is 0 Å². The maximum atomic E-state index is 5.48. The fraction of sp³-hybridized carbons (Fsp3) is 0.438. The zero-order valence-corrected chi connectivity index (χ0v) is 13.2. The zero-order valence-electron chi connectivity index (χ0n) is 12.3. The standard InChI is InChI=1S/C16H21N3O.ClH/c1-13-3-5-14(6-4-13)16-11-15(20-18-16)12-19-9-2-7-17-8-10-19;/h3-6,11,17H,2,7-10,12H2,1H3;1H. The lowest BCUT2D eigenvalue weighted by molar-refractivity contribution is 0.244. The molecule has 1 aliphatic heterocycles. The Balaban J connectivity index is 0.00000161. The quantitative estimate of drug-likeness (QED) is 0.947. The van der Waals surface area contributed by atoms with Gasteiger partial charge in [0.15, 0.2) is 5.76 Å². The van der Waals surface area contributed by atoms with Crippen molar-refractivity contribution in [1.82, 2.24) is 15.4 Å². The molecule has 0 spiro atoms. The summed E-state index contributed by atoms with van der Waals surface area (Å²) in [5.41, 5.74) is 3.30. The van der Waals surface area contributed by atoms with Gasteiger partial charge in [0.05, 0.1) is 6.54 Å². The second-order valence-corrected chi connectivity index (χ2v) is 5.42. The van der Waals surface area contributed by atoms with Crippen molar-refractivity contribution in [3.05, 3.63) is 41.7 Å². The van der Waals surface area contributed by atoms with Crippen LogP contribution in [0.3, 0.4) is 0 Å². The van der Waals surface area contributed by atoms with Crippen LogP contribution >= 0.6 is 12.4 Å². The van der Waals surface area contributed by atoms with E-state index in [9.17, 15) is 0 Å². The van der Waals surface area contributed by atoms with Crippen molar-refractivity contribution in [1.29, 1.82) is 0 Å². The third-order valence-electron chi connectivity index (χ3n) is 3.72. The largest absolute Gasteiger partial charge is 0.359 e. The van der Waals surface area contributed by atoms with Crippen LogP contribution in [0, 0.1) is 6.92 Å². The second kappa shape index (κ2) is 7.59. The first-order valence-electron chi connectivity index (χ1n) is 7.27. The third-order valence-corrected chi connectivity index (χ3v) is 3.72. The molecule has 0 amide bonds. The first-order chi connectivity index (χ1) is 9.81. The molecule has 0 radical (unpaired) electrons. The molecule has 2 heterocycles. The van der Waals surface area contributed by atoms with E-state index < -0.39 is 0 Å². The van der Waals surface area contributed by atoms with E-state index in [-0.39, 0.29) is 12.4 Å². The molecule has 0 unspecified atom stereocenters. The summed E-state index contributed by atoms with van der Waals surface area (Å²) in [5.74, 6) is 0.947. The highest BCUT2D eigenvalue weighted by atomic mass is 35.5. The van der Waals surface area contributed by atoms with Crippen LogP contribution in [-0.4, -0.2) is 36.2 Å². The van der Waals surface area contributed by atoms with E-state index in [1.807, 2.05) is 0 Å². The fourth-order valence-electron chi connectivity index (χ4n) is 2.53. The summed E-state index contributed by atoms with van der Waals surface area (Å²) in [6, 6.07) is 10.4. The molecular weight excluding hydrogens is 286 g/mol. The van der Waals surface area contributed by atoms with Gasteiger partial charge < -0.3 is 9.84 Å². The highest BCUT2D eigenvalue weighted by Gasteiger charge is 2.13. The molecule has 0 atom stereocenters. The van der Waals surface area contributed by atoms with Gasteiger partial charge in [0.25, 0.3) is 0 Å². The monoisotopic (exact) mass is 307 g/mol. The molecule has 3 rings (SSSR count). The molecule has 1 N–H and O–H groups in total. The molecule has 114 valence electrons. The van der Waals surface area contributed by atoms with Gasteiger partial charge in [-0.3, -0.25) is 4.90 Å². The zero-order chi connectivity index (χ0) is 13.8. The van der Waals surface area contributed by atoms with Gasteiger partial charge in [0, 0.05) is 24.7 Å². The second-order valence-electron chi connectivity index (χ2n) is 5.42. The fourth-order valence-corrected chi connectivity index (χ4v) is 2.53. The maximum absolute atomic E-state index is 5.48. The van der Waals surface area contributed by atoms with E-state index in [0.29, 0.717) is 0 Å². The lowest BCUT2D eigenvalue weighted by Gasteiger charge is -2.16. The smallest absolute Gasteiger partial charge is 0.151 e. The van der Waals surface area contributed by atoms with Crippen LogP contribution in [0.1, 0.15) is 17.7 Å². The van der Waals surface area contributed by atoms with E-state index >= 15 is 0 Å². The van der Waals surface area contributed by atoms with Gasteiger partial charge in [-0.2, -0.15) is 0 Å². The molecule has 2 aromatic rings. The molecule has 1 fully saturated rings. The summed E-state index contributed by atoms with van der Waals surface area (Å²) in [5, 5.41) is 7.60. The Morgan fingerprint density at radius 3 is 2.81 bits per heavy atom. The lowest BCUT2D eigenvalue weighted by atomic mass is 10.1. The summed E-state index contributed by atoms with van der Waals surface area (Å²) in [4.78, 5) is 2.42. The van der Waals surface area contributed by atoms with Crippen molar-refractivity contribution < 1.29 is 4.52 Å². The van der Waals surface area contributed by atoms with Gasteiger partial charge >= 0.3 is 0 Å². The molecule has 1 aromatic carbocycles. The molecule has 5 heteroatoms. The van der Waals surface area contributed by atoms with Crippen molar-refractivity contribution in [3.8, 4) is 11.3 Å². The summed E-state index contributed by atoms with van der Waals surface area (Å²) in [6.45, 7) is 7.29. The normalized spacial score (nSPS) is 16.2. The predicted octanol–water partition coefficient (Wildman–Crippen LogP) is 2.87. The number of aromatic nitrogens is 1. The molecule has 0 aliphatic carbocycles. The van der Waals surface area contributed by atoms with Crippen molar-refractivity contribution >= 4 is 12.4 Å². The van der Waals surface area contributed by atoms with Crippen LogP contribution in [0.2, 0.25) is 0 Å². The molecule has 1 aromatic heterocycles. The number of hydrogen-bond acceptors (Lipinski definition) is 4. The van der Waals surface area contributed by atoms with E-state index in [1.54, 1.807) is 0 Å². The minimum Gasteiger partial charge on any atom is -0.359 e. The minimum atomic E-state index is 0. The summed E-state index contributed by atoms with van der Waals surface area (Å²) in [7, 11) is 0. The molecule has 1 aliphatic rings. The SMILES string of the molecule is Cc1ccc(-c2cc(CN3CCCNCC3)on2)cc1.Cl. The third kappa shape index (κ3) is 4.30. The first-order valence-corrected chi connectivity index (χ1v) is 7.27. The van der Waals surface area contributed by atoms with Crippen molar-refractivity contribution in [3.63, 3.8) is 0 Å². The van der Waals surface area contributed by atoms with Crippen molar-refractivity contribution in [2.45, 2.75) is 19.9 Å². The van der Waals surface area contributed by atoms with Gasteiger partial charge in [0.1, 0.15) is 5.69 Å². The van der Waals surface area contributed by atoms with Crippen LogP contribution in [-0.2, 0) is 6.54 Å². The molecule has 1 saturated heterocycles. The summed E-state index contributed by atoms with van der Waals surface area (Å²) < 4.78 is 5.48. The molecule has 21 heavy (non-hydrogen) atoms. The number of hydrogen-bond donors (Lipinski definition) is 1. The minimum absolute atomic E-state index is 0. The summed E-state index contributed by atoms with van der Waals surface area (Å²) in [6.07, 6.45) is 1.19. The highest BCUT2D eigenvalue weighted by Crippen LogP contribution is 2.20. The Bertz CT molecular complexity index is 545. The number of rotatable bonds is 3. The maximum Gasteiger partial charge on any atom is 0.151 e. The topological polar surface area (TPSA) is 41.3 Å². The van der Waals surface area contributed by atoms with E-state index in [1.165, 1.54) is 12.0 Å². The number of nitrogens with one attached hydrogen (secondary N) is 1. The van der Waals surface area contributed by atoms with Crippen LogP contribution < -0.4 is 5.32 Å². The number of benzene rings is 1. The van der Waals surface area contributed by atoms with Gasteiger partial charge in [-0.05, 0) is 26.4 Å². The van der Waals surface area contributed by atoms with E-state index in [2.05, 4.69) is 52.6 Å². The summed E-state index contributed by atoms with van der Waals surface area (Å²) >= 11 is 0. The Hall–Kier alpha value is -1.36. The molecule has 0 bridgehead atoms. The Morgan fingerprint density at radius 1 is 1.19 bits per heavy atom. The van der Waals surface area contributed by atoms with Gasteiger partial charge in [-0.1, -0.05) is 35.0 Å². The average molecular weight is 308 g/mol. The van der Waals surface area contributed by atoms with Gasteiger partial charge in [-0.15, -0.1) is 12.4 Å². The number of aryl methyl sites for hydroxylation is 1. The molecule has 4 nitrogen and oxygen atoms in total. The predicted molar refractivity (Wildman–Crippen MR) is 86.7 cm³/mol. The van der Waals surface area contributed by atoms with E-state index in [0.717, 1.165) is 49.7 Å². The number of nitrogens with zero attached hydrogens (tertiary/aromatic N) is 2. The average Bonchev–Trinajstić information content (AvgIpc) is 2.76. The van der Waals surface area contributed by atoms with Crippen LogP contribution in [0.4, 0.5) is 0 Å².